The first-order valence-corrected chi connectivity index (χ1v) is 22.7. The van der Waals surface area contributed by atoms with Crippen LogP contribution in [0.3, 0.4) is 0 Å². The number of carboxylic acids is 3. The van der Waals surface area contributed by atoms with Crippen LogP contribution in [0, 0.1) is 20.8 Å². The Balaban J connectivity index is 1.42. The van der Waals surface area contributed by atoms with Gasteiger partial charge in [-0.25, -0.2) is 9.97 Å². The molecule has 0 saturated heterocycles. The monoisotopic (exact) mass is 888 g/mol. The molecule has 15 heteroatoms. The van der Waals surface area contributed by atoms with Gasteiger partial charge in [0.25, 0.3) is 0 Å². The number of rotatable bonds is 19. The Hall–Kier alpha value is -6.32. The number of aromatic nitrogens is 5. The van der Waals surface area contributed by atoms with E-state index in [0.717, 1.165) is 109 Å². The van der Waals surface area contributed by atoms with Gasteiger partial charge in [-0.05, 0) is 147 Å². The lowest BCUT2D eigenvalue weighted by molar-refractivity contribution is -0.143. The Morgan fingerprint density at radius 3 is 1.38 bits per heavy atom. The zero-order valence-electron chi connectivity index (χ0n) is 39.3. The van der Waals surface area contributed by atoms with E-state index in [1.165, 1.54) is 32.7 Å². The van der Waals surface area contributed by atoms with E-state index >= 15 is 0 Å². The van der Waals surface area contributed by atoms with E-state index in [9.17, 15) is 34.5 Å². The van der Waals surface area contributed by atoms with Crippen molar-refractivity contribution in [2.45, 2.75) is 101 Å². The molecule has 1 amide bonds. The first-order chi connectivity index (χ1) is 31.0. The molecule has 0 saturated carbocycles. The summed E-state index contributed by atoms with van der Waals surface area (Å²) >= 11 is 0. The molecule has 6 heterocycles. The number of nitrogens with zero attached hydrogens (tertiary/aromatic N) is 4. The molecule has 0 aromatic carbocycles. The fourth-order valence-corrected chi connectivity index (χ4v) is 9.46. The van der Waals surface area contributed by atoms with Gasteiger partial charge < -0.3 is 35.6 Å². The fraction of sp³-hybridized carbons (Fsp3) is 0.440. The molecule has 4 aromatic rings. The summed E-state index contributed by atoms with van der Waals surface area (Å²) in [5.74, 6) is -3.66. The third kappa shape index (κ3) is 10.6. The number of aromatic amines is 3. The highest BCUT2D eigenvalue weighted by Gasteiger charge is 2.25. The summed E-state index contributed by atoms with van der Waals surface area (Å²) in [4.78, 5) is 72.3. The number of fused-ring (bicyclic) bond motifs is 11. The maximum absolute atomic E-state index is 13.5. The summed E-state index contributed by atoms with van der Waals surface area (Å²) in [7, 11) is 0. The number of hydrogen-bond acceptors (Lipinski definition) is 8. The molecule has 10 bridgehead atoms. The van der Waals surface area contributed by atoms with Crippen LogP contribution in [-0.2, 0) is 38.4 Å². The third-order valence-corrected chi connectivity index (χ3v) is 13.0. The van der Waals surface area contributed by atoms with Crippen molar-refractivity contribution in [3.05, 3.63) is 80.4 Å². The van der Waals surface area contributed by atoms with Crippen LogP contribution in [0.2, 0.25) is 0 Å². The van der Waals surface area contributed by atoms with Crippen molar-refractivity contribution >= 4 is 79.2 Å². The van der Waals surface area contributed by atoms with E-state index in [4.69, 9.17) is 9.97 Å². The molecule has 0 unspecified atom stereocenters. The second-order valence-electron chi connectivity index (χ2n) is 17.1. The normalized spacial score (nSPS) is 12.8. The number of carboxylic acid groups (broad SMARTS) is 3. The Kier molecular flexibility index (Phi) is 15.3. The van der Waals surface area contributed by atoms with Gasteiger partial charge in [-0.15, -0.1) is 0 Å². The van der Waals surface area contributed by atoms with Crippen molar-refractivity contribution in [2.75, 3.05) is 45.8 Å². The molecule has 0 radical (unpaired) electrons. The van der Waals surface area contributed by atoms with E-state index in [2.05, 4.69) is 107 Å². The number of hydrogen-bond donors (Lipinski definition) is 7. The minimum absolute atomic E-state index is 0.0304. The number of carbonyl (C=O) groups excluding carboxylic acids is 1. The molecule has 0 spiro atoms. The third-order valence-electron chi connectivity index (χ3n) is 13.0. The smallest absolute Gasteiger partial charge is 0.317 e. The minimum Gasteiger partial charge on any atom is -0.480 e. The van der Waals surface area contributed by atoms with Crippen LogP contribution in [0.25, 0.3) is 55.4 Å². The molecular formula is C50H64N8O7. The second kappa shape index (κ2) is 20.7. The number of amides is 1. The lowest BCUT2D eigenvalue weighted by Gasteiger charge is -2.24. The highest BCUT2D eigenvalue weighted by molar-refractivity contribution is 6.00. The maximum Gasteiger partial charge on any atom is 0.317 e. The largest absolute Gasteiger partial charge is 0.480 e. The van der Waals surface area contributed by atoms with E-state index in [0.29, 0.717) is 6.42 Å². The van der Waals surface area contributed by atoms with Crippen molar-refractivity contribution in [3.8, 4) is 0 Å². The van der Waals surface area contributed by atoms with Crippen LogP contribution >= 0.6 is 0 Å². The molecule has 4 aromatic heterocycles. The number of carbonyl (C=O) groups is 4. The van der Waals surface area contributed by atoms with Crippen molar-refractivity contribution < 1.29 is 34.5 Å². The second-order valence-corrected chi connectivity index (χ2v) is 17.1. The van der Waals surface area contributed by atoms with E-state index < -0.39 is 31.0 Å². The van der Waals surface area contributed by atoms with Crippen molar-refractivity contribution in [1.82, 2.24) is 40.0 Å². The van der Waals surface area contributed by atoms with Gasteiger partial charge in [-0.1, -0.05) is 27.7 Å². The van der Waals surface area contributed by atoms with Crippen molar-refractivity contribution in [2.24, 2.45) is 0 Å². The number of aryl methyl sites for hydroxylation is 6. The zero-order chi connectivity index (χ0) is 47.3. The molecule has 65 heavy (non-hydrogen) atoms. The van der Waals surface area contributed by atoms with Gasteiger partial charge >= 0.3 is 17.9 Å². The van der Waals surface area contributed by atoms with Crippen LogP contribution in [0.4, 0.5) is 0 Å². The summed E-state index contributed by atoms with van der Waals surface area (Å²) in [6.45, 7) is 18.5. The maximum atomic E-state index is 13.5. The highest BCUT2D eigenvalue weighted by Crippen LogP contribution is 2.40. The number of nitrogens with one attached hydrogen (secondary N) is 4. The molecule has 346 valence electrons. The van der Waals surface area contributed by atoms with Gasteiger partial charge in [-0.3, -0.25) is 29.0 Å². The molecule has 2 aliphatic heterocycles. The van der Waals surface area contributed by atoms with Gasteiger partial charge in [0.15, 0.2) is 0 Å². The van der Waals surface area contributed by atoms with E-state index in [1.54, 1.807) is 4.90 Å². The van der Waals surface area contributed by atoms with Gasteiger partial charge in [-0.2, -0.15) is 0 Å². The molecule has 0 fully saturated rings. The van der Waals surface area contributed by atoms with Crippen LogP contribution in [0.15, 0.2) is 24.3 Å². The lowest BCUT2D eigenvalue weighted by atomic mass is 9.99. The van der Waals surface area contributed by atoms with Gasteiger partial charge in [0.1, 0.15) is 0 Å². The topological polar surface area (TPSA) is 221 Å². The number of H-pyrrole nitrogens is 3. The summed E-state index contributed by atoms with van der Waals surface area (Å²) in [6.07, 6.45) is 3.89. The minimum atomic E-state index is -1.18. The molecule has 0 atom stereocenters. The number of allylic oxidation sites excluding steroid dienone is 4. The fourth-order valence-electron chi connectivity index (χ4n) is 9.46. The summed E-state index contributed by atoms with van der Waals surface area (Å²) in [5.41, 5.74) is 21.0. The van der Waals surface area contributed by atoms with Crippen LogP contribution < -0.4 is 5.32 Å². The first kappa shape index (κ1) is 48.1. The molecule has 2 aliphatic rings. The van der Waals surface area contributed by atoms with Crippen LogP contribution in [-0.4, -0.2) is 120 Å². The highest BCUT2D eigenvalue weighted by atomic mass is 16.4. The van der Waals surface area contributed by atoms with Crippen LogP contribution in [0.1, 0.15) is 117 Å². The van der Waals surface area contributed by atoms with Gasteiger partial charge in [0.2, 0.25) is 5.91 Å². The van der Waals surface area contributed by atoms with E-state index in [1.807, 2.05) is 0 Å². The molecular weight excluding hydrogens is 825 g/mol. The zero-order valence-corrected chi connectivity index (χ0v) is 39.3. The molecule has 6 rings (SSSR count). The Labute approximate surface area is 379 Å². The Morgan fingerprint density at radius 2 is 0.938 bits per heavy atom. The lowest BCUT2D eigenvalue weighted by Crippen LogP contribution is -2.44. The van der Waals surface area contributed by atoms with Crippen LogP contribution in [0.5, 0.6) is 0 Å². The first-order valence-electron chi connectivity index (χ1n) is 22.7. The molecule has 7 N–H and O–H groups in total. The Bertz CT molecular complexity index is 2790. The molecule has 0 aliphatic carbocycles. The van der Waals surface area contributed by atoms with Gasteiger partial charge in [0, 0.05) is 65.7 Å². The standard InChI is InChI=1S/C50H64N8O7/c1-10-32-27(5)37-21-42-34(12-3)30(8)49(55-42)50-31(9)35(13-4)43(56-50)22-38-28(6)33(11-2)41(53-38)23-44-36(29(7)39(54-44)20-40(32)52-37)14-15-45(59)51-16-17-57(24-46(60)61)18-19-58(25-47(62)63)26-48(64)65/h20-23,52-54H,10-19,24-26H2,1-9H3,(H,51,59)(H,60,61)(H,62,63)(H,64,65). The Morgan fingerprint density at radius 1 is 0.538 bits per heavy atom. The number of aliphatic carboxylic acids is 3. The van der Waals surface area contributed by atoms with Crippen molar-refractivity contribution in [1.29, 1.82) is 0 Å². The van der Waals surface area contributed by atoms with Crippen molar-refractivity contribution in [3.63, 3.8) is 0 Å². The van der Waals surface area contributed by atoms with E-state index in [-0.39, 0.29) is 45.1 Å². The predicted octanol–water partition coefficient (Wildman–Crippen LogP) is 8.00. The quantitative estimate of drug-likeness (QED) is 0.0478. The van der Waals surface area contributed by atoms with Gasteiger partial charge in [0.05, 0.1) is 42.4 Å². The SMILES string of the molecule is CCC1=C(C)c2nc1cc1[nH]c(cc3[nH]c(cc4[nH]c(cc5nc2C(C)=C5CC)c(C)c4CC)c(CCC(=O)NCCN(CCN(CC(=O)O)CC(=O)O)CC(=O)O)c3C)c(CC)c1C. The summed E-state index contributed by atoms with van der Waals surface area (Å²) in [5, 5.41) is 30.9. The molecule has 15 nitrogen and oxygen atoms in total. The average molecular weight is 889 g/mol. The average Bonchev–Trinajstić information content (AvgIpc) is 3.99. The predicted molar refractivity (Wildman–Crippen MR) is 257 cm³/mol. The summed E-state index contributed by atoms with van der Waals surface area (Å²) in [6, 6.07) is 8.66. The summed E-state index contributed by atoms with van der Waals surface area (Å²) < 4.78 is 0.